The van der Waals surface area contributed by atoms with E-state index in [9.17, 15) is 8.42 Å². The molecule has 0 aliphatic rings. The molecule has 0 aromatic heterocycles. The molecule has 0 aliphatic carbocycles. The Hall–Kier alpha value is -1.64. The molecule has 0 amide bonds. The summed E-state index contributed by atoms with van der Waals surface area (Å²) in [5.74, 6) is 1.01. The van der Waals surface area contributed by atoms with Crippen LogP contribution in [0.5, 0.6) is 17.2 Å². The second kappa shape index (κ2) is 7.50. The van der Waals surface area contributed by atoms with Crippen molar-refractivity contribution >= 4 is 43.2 Å². The average Bonchev–Trinajstić information content (AvgIpc) is 2.54. The normalized spacial score (nSPS) is 11.0. The first kappa shape index (κ1) is 18.7. The highest BCUT2D eigenvalue weighted by Gasteiger charge is 2.24. The molecule has 0 atom stereocenters. The van der Waals surface area contributed by atoms with Crippen molar-refractivity contribution in [3.05, 3.63) is 39.8 Å². The maximum Gasteiger partial charge on any atom is 0.265 e. The molecule has 0 unspecified atom stereocenters. The minimum Gasteiger partial charge on any atom is -0.497 e. The van der Waals surface area contributed by atoms with E-state index in [1.807, 2.05) is 0 Å². The molecule has 0 saturated heterocycles. The van der Waals surface area contributed by atoms with Gasteiger partial charge in [-0.2, -0.15) is 0 Å². The van der Waals surface area contributed by atoms with Crippen LogP contribution in [0, 0.1) is 0 Å². The smallest absolute Gasteiger partial charge is 0.265 e. The second-order valence-corrected chi connectivity index (χ2v) is 7.53. The highest BCUT2D eigenvalue weighted by molar-refractivity contribution is 9.10. The molecule has 1 N–H and O–H groups in total. The largest absolute Gasteiger partial charge is 0.497 e. The van der Waals surface area contributed by atoms with Crippen molar-refractivity contribution in [2.75, 3.05) is 26.1 Å². The molecular weight excluding hydrogens is 422 g/mol. The van der Waals surface area contributed by atoms with Gasteiger partial charge in [-0.25, -0.2) is 8.42 Å². The molecule has 9 heteroatoms. The molecule has 2 rings (SSSR count). The maximum absolute atomic E-state index is 12.8. The Bertz CT molecular complexity index is 857. The number of hydrogen-bond acceptors (Lipinski definition) is 5. The van der Waals surface area contributed by atoms with Crippen LogP contribution in [0.1, 0.15) is 0 Å². The van der Waals surface area contributed by atoms with Gasteiger partial charge in [-0.15, -0.1) is 0 Å². The first-order chi connectivity index (χ1) is 11.3. The summed E-state index contributed by atoms with van der Waals surface area (Å²) in [4.78, 5) is -0.0951. The Morgan fingerprint density at radius 3 is 2.33 bits per heavy atom. The topological polar surface area (TPSA) is 73.9 Å². The fourth-order valence-electron chi connectivity index (χ4n) is 2.02. The second-order valence-electron chi connectivity index (χ2n) is 4.59. The van der Waals surface area contributed by atoms with Gasteiger partial charge in [0.15, 0.2) is 5.75 Å². The van der Waals surface area contributed by atoms with E-state index < -0.39 is 10.0 Å². The zero-order valence-corrected chi connectivity index (χ0v) is 16.3. The third kappa shape index (κ3) is 3.88. The number of rotatable bonds is 6. The summed E-state index contributed by atoms with van der Waals surface area (Å²) in [6, 6.07) is 7.59. The van der Waals surface area contributed by atoms with Crippen LogP contribution in [0.3, 0.4) is 0 Å². The third-order valence-electron chi connectivity index (χ3n) is 3.12. The molecule has 2 aromatic rings. The molecule has 0 bridgehead atoms. The van der Waals surface area contributed by atoms with E-state index in [2.05, 4.69) is 20.7 Å². The van der Waals surface area contributed by atoms with Gasteiger partial charge in [0.25, 0.3) is 10.0 Å². The van der Waals surface area contributed by atoms with E-state index in [1.165, 1.54) is 27.4 Å². The van der Waals surface area contributed by atoms with E-state index >= 15 is 0 Å². The highest BCUT2D eigenvalue weighted by Crippen LogP contribution is 2.37. The quantitative estimate of drug-likeness (QED) is 0.743. The van der Waals surface area contributed by atoms with Crippen molar-refractivity contribution in [1.82, 2.24) is 0 Å². The molecule has 24 heavy (non-hydrogen) atoms. The Balaban J connectivity index is 2.50. The van der Waals surface area contributed by atoms with E-state index in [0.29, 0.717) is 16.0 Å². The average molecular weight is 437 g/mol. The molecule has 130 valence electrons. The predicted octanol–water partition coefficient (Wildman–Crippen LogP) is 3.93. The van der Waals surface area contributed by atoms with Gasteiger partial charge in [-0.1, -0.05) is 11.6 Å². The Morgan fingerprint density at radius 2 is 1.75 bits per heavy atom. The first-order valence-electron chi connectivity index (χ1n) is 6.60. The number of methoxy groups -OCH3 is 3. The fourth-order valence-corrected chi connectivity index (χ4v) is 4.47. The number of ether oxygens (including phenoxy) is 3. The van der Waals surface area contributed by atoms with E-state index in [4.69, 9.17) is 25.8 Å². The SMILES string of the molecule is COc1ccc(NS(=O)(=O)c2cc(Cl)cc(Br)c2OC)c(OC)c1. The van der Waals surface area contributed by atoms with Crippen molar-refractivity contribution in [3.8, 4) is 17.2 Å². The van der Waals surface area contributed by atoms with Gasteiger partial charge in [0.1, 0.15) is 16.4 Å². The van der Waals surface area contributed by atoms with Crippen molar-refractivity contribution in [2.45, 2.75) is 4.90 Å². The van der Waals surface area contributed by atoms with Gasteiger partial charge >= 0.3 is 0 Å². The van der Waals surface area contributed by atoms with Crippen LogP contribution in [-0.4, -0.2) is 29.7 Å². The lowest BCUT2D eigenvalue weighted by Crippen LogP contribution is -2.15. The van der Waals surface area contributed by atoms with E-state index in [1.54, 1.807) is 24.3 Å². The number of halogens is 2. The summed E-state index contributed by atoms with van der Waals surface area (Å²) in [6.07, 6.45) is 0. The van der Waals surface area contributed by atoms with Gasteiger partial charge in [0.05, 0.1) is 31.5 Å². The monoisotopic (exact) mass is 435 g/mol. The summed E-state index contributed by atoms with van der Waals surface area (Å²) in [5.41, 5.74) is 0.261. The van der Waals surface area contributed by atoms with Gasteiger partial charge < -0.3 is 14.2 Å². The lowest BCUT2D eigenvalue weighted by molar-refractivity contribution is 0.395. The van der Waals surface area contributed by atoms with E-state index in [0.717, 1.165) is 0 Å². The zero-order valence-electron chi connectivity index (χ0n) is 13.1. The Kier molecular flexibility index (Phi) is 5.84. The predicted molar refractivity (Wildman–Crippen MR) is 96.1 cm³/mol. The summed E-state index contributed by atoms with van der Waals surface area (Å²) in [6.45, 7) is 0. The number of anilines is 1. The molecule has 0 heterocycles. The molecular formula is C15H15BrClNO5S. The summed E-state index contributed by atoms with van der Waals surface area (Å²) < 4.78 is 43.9. The lowest BCUT2D eigenvalue weighted by Gasteiger charge is -2.15. The van der Waals surface area contributed by atoms with Crippen LogP contribution in [0.15, 0.2) is 39.7 Å². The van der Waals surface area contributed by atoms with Gasteiger partial charge in [0.2, 0.25) is 0 Å². The van der Waals surface area contributed by atoms with Crippen LogP contribution in [0.2, 0.25) is 5.02 Å². The van der Waals surface area contributed by atoms with Gasteiger partial charge in [0, 0.05) is 11.1 Å². The van der Waals surface area contributed by atoms with Crippen molar-refractivity contribution in [2.24, 2.45) is 0 Å². The molecule has 0 spiro atoms. The molecule has 0 radical (unpaired) electrons. The van der Waals surface area contributed by atoms with Crippen molar-refractivity contribution < 1.29 is 22.6 Å². The summed E-state index contributed by atoms with van der Waals surface area (Å²) >= 11 is 9.21. The molecule has 6 nitrogen and oxygen atoms in total. The Labute approximate surface area is 153 Å². The van der Waals surface area contributed by atoms with Crippen LogP contribution >= 0.6 is 27.5 Å². The number of benzene rings is 2. The van der Waals surface area contributed by atoms with Crippen LogP contribution in [0.25, 0.3) is 0 Å². The summed E-state index contributed by atoms with van der Waals surface area (Å²) in [5, 5.41) is 0.254. The molecule has 0 saturated carbocycles. The number of nitrogens with one attached hydrogen (secondary N) is 1. The van der Waals surface area contributed by atoms with Crippen molar-refractivity contribution in [3.63, 3.8) is 0 Å². The fraction of sp³-hybridized carbons (Fsp3) is 0.200. The van der Waals surface area contributed by atoms with Crippen LogP contribution < -0.4 is 18.9 Å². The maximum atomic E-state index is 12.8. The number of sulfonamides is 1. The lowest BCUT2D eigenvalue weighted by atomic mass is 10.3. The summed E-state index contributed by atoms with van der Waals surface area (Å²) in [7, 11) is 0.353. The third-order valence-corrected chi connectivity index (χ3v) is 5.30. The first-order valence-corrected chi connectivity index (χ1v) is 9.25. The van der Waals surface area contributed by atoms with Gasteiger partial charge in [-0.3, -0.25) is 4.72 Å². The molecule has 2 aromatic carbocycles. The van der Waals surface area contributed by atoms with E-state index in [-0.39, 0.29) is 21.4 Å². The molecule has 0 fully saturated rings. The Morgan fingerprint density at radius 1 is 1.04 bits per heavy atom. The van der Waals surface area contributed by atoms with Crippen LogP contribution in [-0.2, 0) is 10.0 Å². The zero-order chi connectivity index (χ0) is 17.9. The van der Waals surface area contributed by atoms with Crippen molar-refractivity contribution in [1.29, 1.82) is 0 Å². The minimum absolute atomic E-state index is 0.0951. The standard InChI is InChI=1S/C15H15BrClNO5S/c1-21-10-4-5-12(13(8-10)22-2)18-24(19,20)14-7-9(17)6-11(16)15(14)23-3/h4-8,18H,1-3H3. The molecule has 0 aliphatic heterocycles. The number of hydrogen-bond donors (Lipinski definition) is 1. The highest BCUT2D eigenvalue weighted by atomic mass is 79.9. The van der Waals surface area contributed by atoms with Crippen LogP contribution in [0.4, 0.5) is 5.69 Å². The minimum atomic E-state index is -3.96. The van der Waals surface area contributed by atoms with Gasteiger partial charge in [-0.05, 0) is 40.2 Å².